The maximum Gasteiger partial charge on any atom is 0.0659 e. The van der Waals surface area contributed by atoms with Crippen LogP contribution >= 0.6 is 0 Å². The van der Waals surface area contributed by atoms with Crippen LogP contribution in [0.4, 0.5) is 0 Å². The summed E-state index contributed by atoms with van der Waals surface area (Å²) < 4.78 is 5.19. The average molecular weight is 139 g/mol. The molecule has 2 atom stereocenters. The van der Waals surface area contributed by atoms with E-state index in [1.54, 1.807) is 0 Å². The van der Waals surface area contributed by atoms with E-state index < -0.39 is 0 Å². The fourth-order valence-electron chi connectivity index (χ4n) is 1.40. The lowest BCUT2D eigenvalue weighted by Crippen LogP contribution is -2.11. The summed E-state index contributed by atoms with van der Waals surface area (Å²) in [5, 5.41) is 8.68. The Morgan fingerprint density at radius 2 is 2.60 bits per heavy atom. The topological polar surface area (TPSA) is 33.0 Å². The van der Waals surface area contributed by atoms with Crippen molar-refractivity contribution in [1.29, 1.82) is 5.26 Å². The lowest BCUT2D eigenvalue weighted by Gasteiger charge is -2.11. The molecule has 0 bridgehead atoms. The van der Waals surface area contributed by atoms with E-state index in [-0.39, 0.29) is 5.92 Å². The second-order valence-electron chi connectivity index (χ2n) is 2.77. The van der Waals surface area contributed by atoms with Gasteiger partial charge in [0.25, 0.3) is 0 Å². The van der Waals surface area contributed by atoms with Gasteiger partial charge in [-0.2, -0.15) is 5.26 Å². The number of hydrogen-bond donors (Lipinski definition) is 0. The third-order valence-corrected chi connectivity index (χ3v) is 2.14. The van der Waals surface area contributed by atoms with Crippen molar-refractivity contribution in [1.82, 2.24) is 0 Å². The highest BCUT2D eigenvalue weighted by Crippen LogP contribution is 2.23. The zero-order valence-corrected chi connectivity index (χ0v) is 6.34. The molecular formula is C8H13NO. The van der Waals surface area contributed by atoms with Crippen LogP contribution in [0.5, 0.6) is 0 Å². The van der Waals surface area contributed by atoms with Gasteiger partial charge in [0.15, 0.2) is 0 Å². The van der Waals surface area contributed by atoms with Gasteiger partial charge in [0.1, 0.15) is 0 Å². The smallest absolute Gasteiger partial charge is 0.0659 e. The predicted molar refractivity (Wildman–Crippen MR) is 38.3 cm³/mol. The second kappa shape index (κ2) is 3.58. The second-order valence-corrected chi connectivity index (χ2v) is 2.77. The van der Waals surface area contributed by atoms with Gasteiger partial charge < -0.3 is 4.74 Å². The van der Waals surface area contributed by atoms with Crippen molar-refractivity contribution >= 4 is 0 Å². The largest absolute Gasteiger partial charge is 0.381 e. The Hall–Kier alpha value is -0.550. The standard InChI is InChI=1S/C8H13NO/c1-2-7(5-9)8-3-4-10-6-8/h7-8H,2-4,6H2,1H3. The quantitative estimate of drug-likeness (QED) is 0.581. The first-order valence-electron chi connectivity index (χ1n) is 3.85. The first kappa shape index (κ1) is 7.56. The van der Waals surface area contributed by atoms with E-state index in [4.69, 9.17) is 10.00 Å². The van der Waals surface area contributed by atoms with Gasteiger partial charge in [0, 0.05) is 12.5 Å². The molecule has 10 heavy (non-hydrogen) atoms. The van der Waals surface area contributed by atoms with Crippen molar-refractivity contribution in [2.24, 2.45) is 11.8 Å². The molecule has 0 aromatic rings. The fourth-order valence-corrected chi connectivity index (χ4v) is 1.40. The van der Waals surface area contributed by atoms with E-state index in [1.165, 1.54) is 0 Å². The van der Waals surface area contributed by atoms with Gasteiger partial charge in [-0.1, -0.05) is 6.92 Å². The van der Waals surface area contributed by atoms with Crippen LogP contribution in [0.3, 0.4) is 0 Å². The van der Waals surface area contributed by atoms with Gasteiger partial charge in [0.2, 0.25) is 0 Å². The Morgan fingerprint density at radius 1 is 1.80 bits per heavy atom. The van der Waals surface area contributed by atoms with Crippen LogP contribution in [-0.4, -0.2) is 13.2 Å². The molecule has 0 N–H and O–H groups in total. The highest BCUT2D eigenvalue weighted by molar-refractivity contribution is 4.88. The highest BCUT2D eigenvalue weighted by Gasteiger charge is 2.23. The number of nitrogens with zero attached hydrogens (tertiary/aromatic N) is 1. The lowest BCUT2D eigenvalue weighted by molar-refractivity contribution is 0.178. The molecule has 0 aliphatic carbocycles. The average Bonchev–Trinajstić information content (AvgIpc) is 2.43. The zero-order valence-electron chi connectivity index (χ0n) is 6.34. The molecular weight excluding hydrogens is 126 g/mol. The molecule has 0 saturated carbocycles. The van der Waals surface area contributed by atoms with Gasteiger partial charge in [-0.3, -0.25) is 0 Å². The molecule has 1 heterocycles. The Morgan fingerprint density at radius 3 is 3.00 bits per heavy atom. The molecule has 1 fully saturated rings. The van der Waals surface area contributed by atoms with Gasteiger partial charge in [-0.05, 0) is 12.8 Å². The minimum Gasteiger partial charge on any atom is -0.381 e. The third-order valence-electron chi connectivity index (χ3n) is 2.14. The van der Waals surface area contributed by atoms with Gasteiger partial charge in [-0.15, -0.1) is 0 Å². The molecule has 1 saturated heterocycles. The molecule has 1 rings (SSSR count). The minimum absolute atomic E-state index is 0.225. The summed E-state index contributed by atoms with van der Waals surface area (Å²) >= 11 is 0. The summed E-state index contributed by atoms with van der Waals surface area (Å²) in [5.74, 6) is 0.734. The van der Waals surface area contributed by atoms with E-state index in [9.17, 15) is 0 Å². The normalized spacial score (nSPS) is 27.8. The first-order chi connectivity index (χ1) is 4.88. The van der Waals surface area contributed by atoms with Crippen LogP contribution in [0.15, 0.2) is 0 Å². The molecule has 0 amide bonds. The number of rotatable bonds is 2. The van der Waals surface area contributed by atoms with Crippen molar-refractivity contribution in [3.05, 3.63) is 0 Å². The Labute approximate surface area is 61.8 Å². The summed E-state index contributed by atoms with van der Waals surface area (Å²) in [6.07, 6.45) is 2.04. The van der Waals surface area contributed by atoms with Crippen LogP contribution < -0.4 is 0 Å². The van der Waals surface area contributed by atoms with Crippen LogP contribution in [-0.2, 0) is 4.74 Å². The highest BCUT2D eigenvalue weighted by atomic mass is 16.5. The van der Waals surface area contributed by atoms with E-state index in [0.717, 1.165) is 26.1 Å². The number of hydrogen-bond acceptors (Lipinski definition) is 2. The molecule has 1 aliphatic heterocycles. The molecule has 1 aliphatic rings. The predicted octanol–water partition coefficient (Wildman–Crippen LogP) is 1.57. The van der Waals surface area contributed by atoms with Gasteiger partial charge in [0.05, 0.1) is 18.6 Å². The van der Waals surface area contributed by atoms with Crippen LogP contribution in [0.25, 0.3) is 0 Å². The van der Waals surface area contributed by atoms with E-state index >= 15 is 0 Å². The molecule has 0 aromatic carbocycles. The first-order valence-corrected chi connectivity index (χ1v) is 3.85. The van der Waals surface area contributed by atoms with E-state index in [1.807, 2.05) is 0 Å². The van der Waals surface area contributed by atoms with Crippen molar-refractivity contribution in [2.75, 3.05) is 13.2 Å². The monoisotopic (exact) mass is 139 g/mol. The third kappa shape index (κ3) is 1.48. The Balaban J connectivity index is 2.38. The molecule has 56 valence electrons. The fraction of sp³-hybridized carbons (Fsp3) is 0.875. The van der Waals surface area contributed by atoms with E-state index in [0.29, 0.717) is 5.92 Å². The minimum atomic E-state index is 0.225. The zero-order chi connectivity index (χ0) is 7.40. The molecule has 2 unspecified atom stereocenters. The molecule has 0 spiro atoms. The summed E-state index contributed by atoms with van der Waals surface area (Å²) in [6, 6.07) is 2.31. The maximum atomic E-state index is 8.68. The Kier molecular flexibility index (Phi) is 2.70. The summed E-state index contributed by atoms with van der Waals surface area (Å²) in [6.45, 7) is 3.71. The number of ether oxygens (including phenoxy) is 1. The van der Waals surface area contributed by atoms with Gasteiger partial charge in [-0.25, -0.2) is 0 Å². The summed E-state index contributed by atoms with van der Waals surface area (Å²) in [5.41, 5.74) is 0. The van der Waals surface area contributed by atoms with E-state index in [2.05, 4.69) is 13.0 Å². The SMILES string of the molecule is CCC(C#N)C1CCOC1. The summed E-state index contributed by atoms with van der Waals surface area (Å²) in [4.78, 5) is 0. The molecule has 2 nitrogen and oxygen atoms in total. The van der Waals surface area contributed by atoms with Crippen molar-refractivity contribution in [3.63, 3.8) is 0 Å². The molecule has 0 aromatic heterocycles. The maximum absolute atomic E-state index is 8.68. The van der Waals surface area contributed by atoms with Crippen molar-refractivity contribution < 1.29 is 4.74 Å². The molecule has 2 heteroatoms. The summed E-state index contributed by atoms with van der Waals surface area (Å²) in [7, 11) is 0. The Bertz CT molecular complexity index is 133. The van der Waals surface area contributed by atoms with Crippen LogP contribution in [0.1, 0.15) is 19.8 Å². The van der Waals surface area contributed by atoms with Crippen molar-refractivity contribution in [3.8, 4) is 6.07 Å². The van der Waals surface area contributed by atoms with Crippen LogP contribution in [0.2, 0.25) is 0 Å². The van der Waals surface area contributed by atoms with Crippen LogP contribution in [0, 0.1) is 23.2 Å². The lowest BCUT2D eigenvalue weighted by atomic mass is 9.91. The molecule has 0 radical (unpaired) electrons. The number of nitriles is 1. The van der Waals surface area contributed by atoms with Crippen molar-refractivity contribution in [2.45, 2.75) is 19.8 Å². The van der Waals surface area contributed by atoms with Gasteiger partial charge >= 0.3 is 0 Å².